The van der Waals surface area contributed by atoms with Crippen LogP contribution >= 0.6 is 0 Å². The molecule has 0 saturated carbocycles. The fraction of sp³-hybridized carbons (Fsp3) is 0.333. The molecule has 0 amide bonds. The van der Waals surface area contributed by atoms with Gasteiger partial charge in [0.25, 0.3) is 0 Å². The molecule has 128 valence electrons. The molecule has 3 rings (SSSR count). The van der Waals surface area contributed by atoms with Gasteiger partial charge in [0.1, 0.15) is 24.4 Å². The number of allylic oxidation sites excluding steroid dienone is 3. The summed E-state index contributed by atoms with van der Waals surface area (Å²) in [6.07, 6.45) is 7.22. The van der Waals surface area contributed by atoms with Crippen molar-refractivity contribution in [1.82, 2.24) is 0 Å². The Bertz CT molecular complexity index is 678. The van der Waals surface area contributed by atoms with Crippen molar-refractivity contribution in [1.29, 1.82) is 0 Å². The van der Waals surface area contributed by atoms with Crippen molar-refractivity contribution in [3.05, 3.63) is 59.7 Å². The molecule has 4 N–H and O–H groups in total. The number of ether oxygens (including phenoxy) is 2. The van der Waals surface area contributed by atoms with Gasteiger partial charge in [-0.25, -0.2) is 0 Å². The van der Waals surface area contributed by atoms with E-state index in [1.807, 2.05) is 18.2 Å². The molecular formula is C18H20O6. The predicted molar refractivity (Wildman–Crippen MR) is 86.6 cm³/mol. The van der Waals surface area contributed by atoms with Gasteiger partial charge >= 0.3 is 0 Å². The number of fused-ring (bicyclic) bond motifs is 1. The molecule has 2 aliphatic rings. The van der Waals surface area contributed by atoms with Crippen LogP contribution in [-0.2, 0) is 9.47 Å². The number of hydrogen-bond donors (Lipinski definition) is 4. The van der Waals surface area contributed by atoms with Crippen LogP contribution in [0.2, 0.25) is 0 Å². The van der Waals surface area contributed by atoms with Gasteiger partial charge in [-0.2, -0.15) is 0 Å². The Labute approximate surface area is 139 Å². The van der Waals surface area contributed by atoms with Crippen molar-refractivity contribution in [2.75, 3.05) is 13.2 Å². The second-order valence-corrected chi connectivity index (χ2v) is 5.70. The van der Waals surface area contributed by atoms with E-state index in [-0.39, 0.29) is 36.9 Å². The number of phenols is 2. The van der Waals surface area contributed by atoms with E-state index in [1.165, 1.54) is 12.1 Å². The highest BCUT2D eigenvalue weighted by atomic mass is 16.6. The van der Waals surface area contributed by atoms with E-state index in [1.54, 1.807) is 18.2 Å². The van der Waals surface area contributed by atoms with Crippen molar-refractivity contribution in [2.45, 2.75) is 24.4 Å². The minimum absolute atomic E-state index is 0.0394. The molecule has 0 radical (unpaired) electrons. The van der Waals surface area contributed by atoms with Crippen molar-refractivity contribution in [2.24, 2.45) is 0 Å². The highest BCUT2D eigenvalue weighted by Crippen LogP contribution is 2.37. The number of rotatable bonds is 4. The summed E-state index contributed by atoms with van der Waals surface area (Å²) in [6, 6.07) is 4.41. The zero-order chi connectivity index (χ0) is 17.1. The summed E-state index contributed by atoms with van der Waals surface area (Å²) < 4.78 is 12.0. The van der Waals surface area contributed by atoms with E-state index >= 15 is 0 Å². The average molecular weight is 332 g/mol. The lowest BCUT2D eigenvalue weighted by Gasteiger charge is -2.40. The Hall–Kier alpha value is -2.12. The molecule has 1 aliphatic heterocycles. The highest BCUT2D eigenvalue weighted by molar-refractivity contribution is 5.42. The summed E-state index contributed by atoms with van der Waals surface area (Å²) in [5.41, 5.74) is 1.51. The second kappa shape index (κ2) is 7.19. The first kappa shape index (κ1) is 16.7. The molecule has 0 aromatic heterocycles. The van der Waals surface area contributed by atoms with Gasteiger partial charge in [-0.1, -0.05) is 30.4 Å². The molecule has 0 spiro atoms. The van der Waals surface area contributed by atoms with Crippen LogP contribution in [0.1, 0.15) is 11.7 Å². The molecule has 1 aromatic carbocycles. The molecule has 24 heavy (non-hydrogen) atoms. The van der Waals surface area contributed by atoms with E-state index in [4.69, 9.17) is 14.6 Å². The summed E-state index contributed by atoms with van der Waals surface area (Å²) in [6.45, 7) is -0.281. The third-order valence-electron chi connectivity index (χ3n) is 4.06. The molecule has 1 heterocycles. The Morgan fingerprint density at radius 1 is 1.04 bits per heavy atom. The first-order chi connectivity index (χ1) is 11.6. The Kier molecular flexibility index (Phi) is 5.01. The van der Waals surface area contributed by atoms with Crippen LogP contribution < -0.4 is 0 Å². The van der Waals surface area contributed by atoms with Crippen molar-refractivity contribution in [3.8, 4) is 11.5 Å². The molecule has 1 fully saturated rings. The zero-order valence-electron chi connectivity index (χ0n) is 12.9. The molecule has 1 saturated heterocycles. The topological polar surface area (TPSA) is 99.4 Å². The van der Waals surface area contributed by atoms with Gasteiger partial charge in [-0.15, -0.1) is 0 Å². The lowest BCUT2D eigenvalue weighted by atomic mass is 9.96. The first-order valence-corrected chi connectivity index (χ1v) is 7.73. The lowest BCUT2D eigenvalue weighted by molar-refractivity contribution is -0.204. The largest absolute Gasteiger partial charge is 0.504 e. The van der Waals surface area contributed by atoms with Crippen LogP contribution in [0.4, 0.5) is 0 Å². The normalized spacial score (nSPS) is 29.5. The minimum Gasteiger partial charge on any atom is -0.504 e. The summed E-state index contributed by atoms with van der Waals surface area (Å²) in [4.78, 5) is 0. The maximum absolute atomic E-state index is 9.68. The Morgan fingerprint density at radius 3 is 2.58 bits per heavy atom. The first-order valence-electron chi connectivity index (χ1n) is 7.73. The smallest absolute Gasteiger partial charge is 0.157 e. The van der Waals surface area contributed by atoms with Crippen molar-refractivity contribution >= 4 is 0 Å². The molecule has 1 aliphatic carbocycles. The average Bonchev–Trinajstić information content (AvgIpc) is 2.61. The van der Waals surface area contributed by atoms with E-state index in [0.717, 1.165) is 5.57 Å². The van der Waals surface area contributed by atoms with Crippen molar-refractivity contribution in [3.63, 3.8) is 0 Å². The second-order valence-electron chi connectivity index (χ2n) is 5.70. The number of aromatic hydroxyl groups is 2. The Morgan fingerprint density at radius 2 is 1.88 bits per heavy atom. The lowest BCUT2D eigenvalue weighted by Crippen LogP contribution is -2.46. The minimum atomic E-state index is -0.596. The number of phenolic OH excluding ortho intramolecular Hbond substituents is 2. The van der Waals surface area contributed by atoms with E-state index in [9.17, 15) is 15.3 Å². The Balaban J connectivity index is 1.81. The summed E-state index contributed by atoms with van der Waals surface area (Å²) in [5, 5.41) is 37.6. The molecule has 1 aromatic rings. The predicted octanol–water partition coefficient (Wildman–Crippen LogP) is 1.33. The molecule has 6 heteroatoms. The fourth-order valence-electron chi connectivity index (χ4n) is 2.87. The van der Waals surface area contributed by atoms with Gasteiger partial charge in [0.15, 0.2) is 11.5 Å². The van der Waals surface area contributed by atoms with Crippen LogP contribution in [0.3, 0.4) is 0 Å². The van der Waals surface area contributed by atoms with Gasteiger partial charge in [-0.05, 0) is 29.3 Å². The van der Waals surface area contributed by atoms with Crippen LogP contribution in [0.5, 0.6) is 11.5 Å². The maximum Gasteiger partial charge on any atom is 0.157 e. The van der Waals surface area contributed by atoms with Gasteiger partial charge < -0.3 is 29.9 Å². The van der Waals surface area contributed by atoms with Gasteiger partial charge in [0, 0.05) is 0 Å². The van der Waals surface area contributed by atoms with Crippen LogP contribution in [0, 0.1) is 0 Å². The molecular weight excluding hydrogens is 312 g/mol. The summed E-state index contributed by atoms with van der Waals surface area (Å²) in [7, 11) is 0. The van der Waals surface area contributed by atoms with Gasteiger partial charge in [0.2, 0.25) is 0 Å². The van der Waals surface area contributed by atoms with Gasteiger partial charge in [0.05, 0.1) is 13.2 Å². The number of benzene rings is 1. The molecule has 6 nitrogen and oxygen atoms in total. The quantitative estimate of drug-likeness (QED) is 0.621. The van der Waals surface area contributed by atoms with Crippen LogP contribution in [0.15, 0.2) is 54.2 Å². The maximum atomic E-state index is 9.68. The van der Waals surface area contributed by atoms with Crippen molar-refractivity contribution < 1.29 is 29.9 Å². The van der Waals surface area contributed by atoms with E-state index < -0.39 is 12.2 Å². The highest BCUT2D eigenvalue weighted by Gasteiger charge is 2.38. The fourth-order valence-corrected chi connectivity index (χ4v) is 2.87. The molecule has 0 unspecified atom stereocenters. The molecule has 4 atom stereocenters. The standard InChI is InChI=1S/C18H20O6/c19-7-1-2-11-3-6-15-16(8-11)23-17(10-20)18(24-15)12-4-5-13(21)14(22)9-12/h1-6,8-9,15-22H,7,10H2/t15-,16-,17-,18+/m0/s1. The zero-order valence-corrected chi connectivity index (χ0v) is 12.9. The third kappa shape index (κ3) is 3.37. The van der Waals surface area contributed by atoms with E-state index in [2.05, 4.69) is 0 Å². The molecule has 0 bridgehead atoms. The van der Waals surface area contributed by atoms with E-state index in [0.29, 0.717) is 5.56 Å². The number of hydrogen-bond acceptors (Lipinski definition) is 6. The third-order valence-corrected chi connectivity index (χ3v) is 4.06. The number of aliphatic hydroxyl groups is 2. The monoisotopic (exact) mass is 332 g/mol. The summed E-state index contributed by atoms with van der Waals surface area (Å²) in [5.74, 6) is -0.458. The summed E-state index contributed by atoms with van der Waals surface area (Å²) >= 11 is 0. The SMILES string of the molecule is OCC=CC1=C[C@@H]2O[C@@H](CO)[C@@H](c3ccc(O)c(O)c3)O[C@H]2C=C1. The van der Waals surface area contributed by atoms with Gasteiger partial charge in [-0.3, -0.25) is 0 Å². The van der Waals surface area contributed by atoms with Crippen LogP contribution in [-0.4, -0.2) is 52.0 Å². The van der Waals surface area contributed by atoms with Crippen LogP contribution in [0.25, 0.3) is 0 Å². The number of aliphatic hydroxyl groups excluding tert-OH is 2.